The number of amides is 2. The van der Waals surface area contributed by atoms with Crippen LogP contribution in [0.5, 0.6) is 0 Å². The van der Waals surface area contributed by atoms with E-state index in [1.54, 1.807) is 4.90 Å². The number of hydrogen-bond donors (Lipinski definition) is 1. The molecule has 0 spiro atoms. The maximum Gasteiger partial charge on any atom is 0.410 e. The van der Waals surface area contributed by atoms with Crippen molar-refractivity contribution >= 4 is 12.0 Å². The lowest BCUT2D eigenvalue weighted by molar-refractivity contribution is -0.125. The average molecular weight is 354 g/mol. The largest absolute Gasteiger partial charge is 0.444 e. The molecule has 0 aromatic rings. The SMILES string of the molecule is CC(CNC(=O)C1CCCN1C(=O)OC(C)(C)C)N1CCN(C)CC1. The fraction of sp³-hybridized carbons (Fsp3) is 0.889. The molecule has 0 saturated carbocycles. The summed E-state index contributed by atoms with van der Waals surface area (Å²) in [5.41, 5.74) is -0.545. The molecule has 144 valence electrons. The fourth-order valence-electron chi connectivity index (χ4n) is 3.34. The first-order valence-electron chi connectivity index (χ1n) is 9.37. The highest BCUT2D eigenvalue weighted by atomic mass is 16.6. The lowest BCUT2D eigenvalue weighted by Gasteiger charge is -2.36. The highest BCUT2D eigenvalue weighted by Crippen LogP contribution is 2.21. The van der Waals surface area contributed by atoms with E-state index in [1.165, 1.54) is 0 Å². The Morgan fingerprint density at radius 1 is 1.16 bits per heavy atom. The number of nitrogens with zero attached hydrogens (tertiary/aromatic N) is 3. The van der Waals surface area contributed by atoms with Gasteiger partial charge in [0.15, 0.2) is 0 Å². The standard InChI is InChI=1S/C18H34N4O3/c1-14(21-11-9-20(5)10-12-21)13-19-16(23)15-7-6-8-22(15)17(24)25-18(2,3)4/h14-15H,6-13H2,1-5H3,(H,19,23). The number of carbonyl (C=O) groups is 2. The van der Waals surface area contributed by atoms with E-state index in [-0.39, 0.29) is 5.91 Å². The van der Waals surface area contributed by atoms with Gasteiger partial charge in [-0.05, 0) is 47.6 Å². The number of likely N-dealkylation sites (tertiary alicyclic amines) is 1. The van der Waals surface area contributed by atoms with Crippen molar-refractivity contribution in [3.8, 4) is 0 Å². The molecule has 0 aromatic carbocycles. The lowest BCUT2D eigenvalue weighted by Crippen LogP contribution is -2.53. The third-order valence-electron chi connectivity index (χ3n) is 4.92. The highest BCUT2D eigenvalue weighted by Gasteiger charge is 2.36. The van der Waals surface area contributed by atoms with Crippen molar-refractivity contribution in [2.24, 2.45) is 0 Å². The van der Waals surface area contributed by atoms with E-state index >= 15 is 0 Å². The van der Waals surface area contributed by atoms with Crippen LogP contribution in [0.1, 0.15) is 40.5 Å². The zero-order valence-corrected chi connectivity index (χ0v) is 16.4. The van der Waals surface area contributed by atoms with Crippen molar-refractivity contribution in [1.82, 2.24) is 20.0 Å². The van der Waals surface area contributed by atoms with Crippen molar-refractivity contribution in [2.45, 2.75) is 58.2 Å². The third-order valence-corrected chi connectivity index (χ3v) is 4.92. The van der Waals surface area contributed by atoms with E-state index in [9.17, 15) is 9.59 Å². The van der Waals surface area contributed by atoms with Gasteiger partial charge in [0.05, 0.1) is 0 Å². The molecule has 7 heteroatoms. The fourth-order valence-corrected chi connectivity index (χ4v) is 3.34. The minimum Gasteiger partial charge on any atom is -0.444 e. The highest BCUT2D eigenvalue weighted by molar-refractivity contribution is 5.86. The van der Waals surface area contributed by atoms with Crippen molar-refractivity contribution in [3.05, 3.63) is 0 Å². The first-order valence-corrected chi connectivity index (χ1v) is 9.37. The van der Waals surface area contributed by atoms with Gasteiger partial charge in [-0.1, -0.05) is 0 Å². The maximum atomic E-state index is 12.6. The first-order chi connectivity index (χ1) is 11.7. The van der Waals surface area contributed by atoms with Gasteiger partial charge < -0.3 is 15.0 Å². The number of carbonyl (C=O) groups excluding carboxylic acids is 2. The van der Waals surface area contributed by atoms with Crippen LogP contribution in [0.3, 0.4) is 0 Å². The number of likely N-dealkylation sites (N-methyl/N-ethyl adjacent to an activating group) is 1. The Hall–Kier alpha value is -1.34. The molecule has 2 atom stereocenters. The van der Waals surface area contributed by atoms with E-state index in [4.69, 9.17) is 4.74 Å². The van der Waals surface area contributed by atoms with Gasteiger partial charge in [-0.15, -0.1) is 0 Å². The van der Waals surface area contributed by atoms with Crippen LogP contribution >= 0.6 is 0 Å². The summed E-state index contributed by atoms with van der Waals surface area (Å²) in [6, 6.07) is -0.108. The Morgan fingerprint density at radius 2 is 1.80 bits per heavy atom. The van der Waals surface area contributed by atoms with Crippen molar-refractivity contribution in [1.29, 1.82) is 0 Å². The van der Waals surface area contributed by atoms with Crippen LogP contribution in [-0.4, -0.2) is 90.7 Å². The van der Waals surface area contributed by atoms with Crippen LogP contribution in [0.2, 0.25) is 0 Å². The zero-order valence-electron chi connectivity index (χ0n) is 16.4. The molecule has 7 nitrogen and oxygen atoms in total. The number of nitrogens with one attached hydrogen (secondary N) is 1. The molecule has 2 saturated heterocycles. The summed E-state index contributed by atoms with van der Waals surface area (Å²) in [5, 5.41) is 3.04. The zero-order chi connectivity index (χ0) is 18.6. The quantitative estimate of drug-likeness (QED) is 0.820. The Balaban J connectivity index is 1.82. The van der Waals surface area contributed by atoms with Gasteiger partial charge in [0.2, 0.25) is 5.91 Å². The Bertz CT molecular complexity index is 469. The Labute approximate surface area is 151 Å². The van der Waals surface area contributed by atoms with Crippen LogP contribution in [0.15, 0.2) is 0 Å². The molecular weight excluding hydrogens is 320 g/mol. The molecule has 0 aliphatic carbocycles. The molecule has 2 unspecified atom stereocenters. The molecule has 1 N–H and O–H groups in total. The maximum absolute atomic E-state index is 12.6. The molecule has 2 rings (SSSR count). The smallest absolute Gasteiger partial charge is 0.410 e. The Morgan fingerprint density at radius 3 is 2.40 bits per heavy atom. The lowest BCUT2D eigenvalue weighted by atomic mass is 10.2. The van der Waals surface area contributed by atoms with Gasteiger partial charge in [0.25, 0.3) is 0 Å². The summed E-state index contributed by atoms with van der Waals surface area (Å²) in [5.74, 6) is -0.0654. The molecule has 2 heterocycles. The summed E-state index contributed by atoms with van der Waals surface area (Å²) in [6.45, 7) is 13.0. The van der Waals surface area contributed by atoms with E-state index < -0.39 is 17.7 Å². The second-order valence-electron chi connectivity index (χ2n) is 8.27. The monoisotopic (exact) mass is 354 g/mol. The molecule has 2 amide bonds. The van der Waals surface area contributed by atoms with E-state index in [2.05, 4.69) is 29.1 Å². The van der Waals surface area contributed by atoms with Gasteiger partial charge in [0, 0.05) is 45.3 Å². The summed E-state index contributed by atoms with van der Waals surface area (Å²) < 4.78 is 5.43. The number of piperazine rings is 1. The van der Waals surface area contributed by atoms with Crippen LogP contribution in [0, 0.1) is 0 Å². The third kappa shape index (κ3) is 5.85. The van der Waals surface area contributed by atoms with E-state index in [1.807, 2.05) is 20.8 Å². The summed E-state index contributed by atoms with van der Waals surface area (Å²) in [4.78, 5) is 31.2. The van der Waals surface area contributed by atoms with Crippen molar-refractivity contribution in [2.75, 3.05) is 46.3 Å². The second kappa shape index (κ2) is 8.36. The van der Waals surface area contributed by atoms with Crippen molar-refractivity contribution < 1.29 is 14.3 Å². The van der Waals surface area contributed by atoms with Gasteiger partial charge in [0.1, 0.15) is 11.6 Å². The molecule has 0 bridgehead atoms. The first kappa shape index (κ1) is 20.0. The molecule has 0 aromatic heterocycles. The molecular formula is C18H34N4O3. The predicted octanol–water partition coefficient (Wildman–Crippen LogP) is 1.14. The molecule has 2 fully saturated rings. The predicted molar refractivity (Wildman–Crippen MR) is 97.5 cm³/mol. The van der Waals surface area contributed by atoms with Gasteiger partial charge >= 0.3 is 6.09 Å². The van der Waals surface area contributed by atoms with Crippen LogP contribution < -0.4 is 5.32 Å². The topological polar surface area (TPSA) is 65.1 Å². The summed E-state index contributed by atoms with van der Waals surface area (Å²) in [7, 11) is 2.13. The van der Waals surface area contributed by atoms with E-state index in [0.29, 0.717) is 25.6 Å². The van der Waals surface area contributed by atoms with Crippen LogP contribution in [0.25, 0.3) is 0 Å². The van der Waals surface area contributed by atoms with Crippen LogP contribution in [-0.2, 0) is 9.53 Å². The van der Waals surface area contributed by atoms with Gasteiger partial charge in [-0.2, -0.15) is 0 Å². The Kier molecular flexibility index (Phi) is 6.68. The number of ether oxygens (including phenoxy) is 1. The molecule has 2 aliphatic rings. The summed E-state index contributed by atoms with van der Waals surface area (Å²) in [6.07, 6.45) is 1.15. The number of hydrogen-bond acceptors (Lipinski definition) is 5. The normalized spacial score (nSPS) is 24.2. The van der Waals surface area contributed by atoms with Crippen molar-refractivity contribution in [3.63, 3.8) is 0 Å². The minimum absolute atomic E-state index is 0.0654. The summed E-state index contributed by atoms with van der Waals surface area (Å²) >= 11 is 0. The molecule has 2 aliphatic heterocycles. The van der Waals surface area contributed by atoms with E-state index in [0.717, 1.165) is 32.6 Å². The van der Waals surface area contributed by atoms with Gasteiger partial charge in [-0.25, -0.2) is 4.79 Å². The van der Waals surface area contributed by atoms with Gasteiger partial charge in [-0.3, -0.25) is 14.6 Å². The molecule has 0 radical (unpaired) electrons. The minimum atomic E-state index is -0.545. The molecule has 25 heavy (non-hydrogen) atoms. The average Bonchev–Trinajstić information content (AvgIpc) is 3.01. The second-order valence-corrected chi connectivity index (χ2v) is 8.27. The van der Waals surface area contributed by atoms with Crippen LogP contribution in [0.4, 0.5) is 4.79 Å². The number of rotatable bonds is 4.